The molecule has 1 fully saturated rings. The van der Waals surface area contributed by atoms with Crippen LogP contribution in [0.15, 0.2) is 0 Å². The van der Waals surface area contributed by atoms with Gasteiger partial charge < -0.3 is 10.3 Å². The standard InChI is InChI=1S/C8H14N4.2ClH/c1-12-7(5-9)10-11-8(12)6-3-2-4-6;;/h6H,2-5,9H2,1H3;2*1H. The Morgan fingerprint density at radius 1 is 1.36 bits per heavy atom. The summed E-state index contributed by atoms with van der Waals surface area (Å²) < 4.78 is 2.03. The average molecular weight is 239 g/mol. The van der Waals surface area contributed by atoms with Crippen LogP contribution in [0.4, 0.5) is 0 Å². The molecule has 0 bridgehead atoms. The second-order valence-electron chi connectivity index (χ2n) is 3.37. The molecular weight excluding hydrogens is 223 g/mol. The molecule has 0 unspecified atom stereocenters. The van der Waals surface area contributed by atoms with Crippen molar-refractivity contribution in [2.75, 3.05) is 0 Å². The van der Waals surface area contributed by atoms with Crippen LogP contribution in [0, 0.1) is 0 Å². The molecule has 0 spiro atoms. The van der Waals surface area contributed by atoms with E-state index < -0.39 is 0 Å². The minimum Gasteiger partial charge on any atom is -0.324 e. The van der Waals surface area contributed by atoms with E-state index in [0.717, 1.165) is 11.6 Å². The minimum atomic E-state index is 0. The Kier molecular flexibility index (Phi) is 5.41. The predicted molar refractivity (Wildman–Crippen MR) is 60.0 cm³/mol. The third-order valence-corrected chi connectivity index (χ3v) is 2.65. The number of halogens is 2. The van der Waals surface area contributed by atoms with Crippen molar-refractivity contribution in [3.8, 4) is 0 Å². The number of hydrogen-bond acceptors (Lipinski definition) is 3. The van der Waals surface area contributed by atoms with Gasteiger partial charge in [-0.3, -0.25) is 0 Å². The van der Waals surface area contributed by atoms with Gasteiger partial charge in [0, 0.05) is 13.0 Å². The lowest BCUT2D eigenvalue weighted by molar-refractivity contribution is 0.391. The first-order chi connectivity index (χ1) is 5.83. The Bertz CT molecular complexity index is 283. The number of aromatic nitrogens is 3. The van der Waals surface area contributed by atoms with Crippen LogP contribution in [0.3, 0.4) is 0 Å². The van der Waals surface area contributed by atoms with Crippen LogP contribution in [-0.4, -0.2) is 14.8 Å². The van der Waals surface area contributed by atoms with Crippen molar-refractivity contribution < 1.29 is 0 Å². The highest BCUT2D eigenvalue weighted by molar-refractivity contribution is 5.85. The van der Waals surface area contributed by atoms with Gasteiger partial charge in [0.05, 0.1) is 6.54 Å². The van der Waals surface area contributed by atoms with Crippen LogP contribution in [0.2, 0.25) is 0 Å². The molecule has 0 atom stereocenters. The molecule has 2 rings (SSSR count). The van der Waals surface area contributed by atoms with Gasteiger partial charge in [-0.05, 0) is 12.8 Å². The van der Waals surface area contributed by atoms with E-state index in [1.165, 1.54) is 19.3 Å². The third-order valence-electron chi connectivity index (χ3n) is 2.65. The monoisotopic (exact) mass is 238 g/mol. The maximum Gasteiger partial charge on any atom is 0.146 e. The Balaban J connectivity index is 0.000000845. The molecule has 1 saturated carbocycles. The van der Waals surface area contributed by atoms with E-state index in [1.807, 2.05) is 11.6 Å². The largest absolute Gasteiger partial charge is 0.324 e. The molecule has 0 amide bonds. The van der Waals surface area contributed by atoms with Gasteiger partial charge in [0.2, 0.25) is 0 Å². The smallest absolute Gasteiger partial charge is 0.146 e. The van der Waals surface area contributed by atoms with Gasteiger partial charge in [0.1, 0.15) is 11.6 Å². The first-order valence-electron chi connectivity index (χ1n) is 4.41. The maximum absolute atomic E-state index is 5.50. The fraction of sp³-hybridized carbons (Fsp3) is 0.750. The molecule has 82 valence electrons. The zero-order chi connectivity index (χ0) is 8.55. The van der Waals surface area contributed by atoms with E-state index in [1.54, 1.807) is 0 Å². The van der Waals surface area contributed by atoms with Crippen molar-refractivity contribution in [2.45, 2.75) is 31.7 Å². The quantitative estimate of drug-likeness (QED) is 0.848. The summed E-state index contributed by atoms with van der Waals surface area (Å²) in [5, 5.41) is 8.17. The summed E-state index contributed by atoms with van der Waals surface area (Å²) in [6, 6.07) is 0. The molecule has 1 aliphatic rings. The second kappa shape index (κ2) is 5.53. The first-order valence-corrected chi connectivity index (χ1v) is 4.41. The Hall–Kier alpha value is -0.320. The van der Waals surface area contributed by atoms with Crippen LogP contribution < -0.4 is 5.73 Å². The molecule has 1 heterocycles. The van der Waals surface area contributed by atoms with E-state index in [9.17, 15) is 0 Å². The number of hydrogen-bond donors (Lipinski definition) is 1. The summed E-state index contributed by atoms with van der Waals surface area (Å²) in [6.07, 6.45) is 3.85. The van der Waals surface area contributed by atoms with Crippen LogP contribution in [0.5, 0.6) is 0 Å². The SMILES string of the molecule is Cl.Cl.Cn1c(CN)nnc1C1CCC1. The fourth-order valence-electron chi connectivity index (χ4n) is 1.58. The number of rotatable bonds is 2. The van der Waals surface area contributed by atoms with Crippen molar-refractivity contribution in [1.82, 2.24) is 14.8 Å². The summed E-state index contributed by atoms with van der Waals surface area (Å²) in [7, 11) is 2.00. The highest BCUT2D eigenvalue weighted by atomic mass is 35.5. The molecule has 2 N–H and O–H groups in total. The topological polar surface area (TPSA) is 56.7 Å². The molecule has 0 aromatic carbocycles. The normalized spacial score (nSPS) is 15.3. The average Bonchev–Trinajstić information content (AvgIpc) is 2.30. The summed E-state index contributed by atoms with van der Waals surface area (Å²) in [6.45, 7) is 0.482. The molecule has 6 heteroatoms. The zero-order valence-corrected chi connectivity index (χ0v) is 9.77. The van der Waals surface area contributed by atoms with Crippen LogP contribution >= 0.6 is 24.8 Å². The number of nitrogens with two attached hydrogens (primary N) is 1. The number of nitrogens with zero attached hydrogens (tertiary/aromatic N) is 3. The molecular formula is C8H16Cl2N4. The Morgan fingerprint density at radius 3 is 2.36 bits per heavy atom. The molecule has 1 aliphatic carbocycles. The summed E-state index contributed by atoms with van der Waals surface area (Å²) in [5.41, 5.74) is 5.50. The third kappa shape index (κ3) is 2.19. The molecule has 14 heavy (non-hydrogen) atoms. The maximum atomic E-state index is 5.50. The van der Waals surface area contributed by atoms with Gasteiger partial charge in [-0.25, -0.2) is 0 Å². The molecule has 0 aliphatic heterocycles. The van der Waals surface area contributed by atoms with Crippen molar-refractivity contribution in [3.63, 3.8) is 0 Å². The lowest BCUT2D eigenvalue weighted by Gasteiger charge is -2.23. The van der Waals surface area contributed by atoms with E-state index in [-0.39, 0.29) is 24.8 Å². The summed E-state index contributed by atoms with van der Waals surface area (Å²) in [4.78, 5) is 0. The summed E-state index contributed by atoms with van der Waals surface area (Å²) in [5.74, 6) is 2.64. The molecule has 4 nitrogen and oxygen atoms in total. The van der Waals surface area contributed by atoms with E-state index >= 15 is 0 Å². The summed E-state index contributed by atoms with van der Waals surface area (Å²) >= 11 is 0. The van der Waals surface area contributed by atoms with E-state index in [2.05, 4.69) is 10.2 Å². The van der Waals surface area contributed by atoms with Gasteiger partial charge in [0.15, 0.2) is 0 Å². The van der Waals surface area contributed by atoms with Crippen molar-refractivity contribution >= 4 is 24.8 Å². The van der Waals surface area contributed by atoms with E-state index in [4.69, 9.17) is 5.73 Å². The highest BCUT2D eigenvalue weighted by Crippen LogP contribution is 2.34. The Labute approximate surface area is 96.1 Å². The first kappa shape index (κ1) is 13.7. The van der Waals surface area contributed by atoms with Gasteiger partial charge in [-0.2, -0.15) is 0 Å². The molecule has 1 aromatic rings. The minimum absolute atomic E-state index is 0. The van der Waals surface area contributed by atoms with Gasteiger partial charge in [-0.15, -0.1) is 35.0 Å². The lowest BCUT2D eigenvalue weighted by Crippen LogP contribution is -2.15. The molecule has 0 saturated heterocycles. The van der Waals surface area contributed by atoms with Gasteiger partial charge >= 0.3 is 0 Å². The second-order valence-corrected chi connectivity index (χ2v) is 3.37. The van der Waals surface area contributed by atoms with Gasteiger partial charge in [0.25, 0.3) is 0 Å². The van der Waals surface area contributed by atoms with Crippen molar-refractivity contribution in [2.24, 2.45) is 12.8 Å². The van der Waals surface area contributed by atoms with Gasteiger partial charge in [-0.1, -0.05) is 6.42 Å². The van der Waals surface area contributed by atoms with E-state index in [0.29, 0.717) is 12.5 Å². The van der Waals surface area contributed by atoms with Crippen molar-refractivity contribution in [1.29, 1.82) is 0 Å². The van der Waals surface area contributed by atoms with Crippen LogP contribution in [-0.2, 0) is 13.6 Å². The Morgan fingerprint density at radius 2 is 2.00 bits per heavy atom. The van der Waals surface area contributed by atoms with Crippen molar-refractivity contribution in [3.05, 3.63) is 11.6 Å². The molecule has 0 radical (unpaired) electrons. The predicted octanol–water partition coefficient (Wildman–Crippen LogP) is 1.38. The highest BCUT2D eigenvalue weighted by Gasteiger charge is 2.24. The lowest BCUT2D eigenvalue weighted by atomic mass is 9.85. The van der Waals surface area contributed by atoms with Crippen LogP contribution in [0.1, 0.15) is 36.8 Å². The fourth-order valence-corrected chi connectivity index (χ4v) is 1.58. The molecule has 1 aromatic heterocycles. The zero-order valence-electron chi connectivity index (χ0n) is 8.14. The van der Waals surface area contributed by atoms with Crippen LogP contribution in [0.25, 0.3) is 0 Å².